The number of rotatable bonds is 5. The lowest BCUT2D eigenvalue weighted by Crippen LogP contribution is -2.37. The number of carbonyl (C=O) groups excluding carboxylic acids is 1. The smallest absolute Gasteiger partial charge is 0.347 e. The van der Waals surface area contributed by atoms with E-state index in [-0.39, 0.29) is 5.78 Å². The second-order valence-electron chi connectivity index (χ2n) is 7.32. The van der Waals surface area contributed by atoms with E-state index in [2.05, 4.69) is 10.4 Å². The minimum atomic E-state index is -1.33. The van der Waals surface area contributed by atoms with E-state index < -0.39 is 11.6 Å². The Morgan fingerprint density at radius 2 is 2.07 bits per heavy atom. The van der Waals surface area contributed by atoms with Crippen LogP contribution in [0, 0.1) is 0 Å². The number of allylic oxidation sites excluding steroid dienone is 1. The predicted octanol–water partition coefficient (Wildman–Crippen LogP) is 5.33. The molecule has 3 aromatic rings. The highest BCUT2D eigenvalue weighted by Gasteiger charge is 2.30. The van der Waals surface area contributed by atoms with Gasteiger partial charge in [-0.2, -0.15) is 11.3 Å². The zero-order chi connectivity index (χ0) is 20.6. The van der Waals surface area contributed by atoms with Gasteiger partial charge in [-0.15, -0.1) is 11.3 Å². The van der Waals surface area contributed by atoms with E-state index in [1.165, 1.54) is 13.8 Å². The summed E-state index contributed by atoms with van der Waals surface area (Å²) >= 11 is 3.20. The van der Waals surface area contributed by atoms with Crippen molar-refractivity contribution in [3.8, 4) is 16.3 Å². The van der Waals surface area contributed by atoms with Crippen LogP contribution < -0.4 is 4.74 Å². The number of thiazole rings is 1. The predicted molar refractivity (Wildman–Crippen MR) is 115 cm³/mol. The van der Waals surface area contributed by atoms with Gasteiger partial charge in [-0.25, -0.2) is 9.78 Å². The number of carboxylic acid groups (broad SMARTS) is 1. The summed E-state index contributed by atoms with van der Waals surface area (Å²) in [5.74, 6) is -0.599. The van der Waals surface area contributed by atoms with Crippen LogP contribution in [0.4, 0.5) is 0 Å². The Kier molecular flexibility index (Phi) is 5.10. The molecule has 2 heterocycles. The van der Waals surface area contributed by atoms with E-state index in [9.17, 15) is 14.7 Å². The molecule has 1 aromatic carbocycles. The highest BCUT2D eigenvalue weighted by atomic mass is 32.1. The SMILES string of the molecule is CC(C)(Oc1ccc2c(c1)CC/C(=C/c1csc(-c3ccsc3)n1)C2=O)C(=O)O. The van der Waals surface area contributed by atoms with Gasteiger partial charge in [0.2, 0.25) is 0 Å². The summed E-state index contributed by atoms with van der Waals surface area (Å²) < 4.78 is 5.59. The number of thiophene rings is 1. The zero-order valence-corrected chi connectivity index (χ0v) is 17.6. The number of Topliss-reactive ketones (excluding diaryl/α,β-unsaturated/α-hetero) is 1. The molecule has 148 valence electrons. The summed E-state index contributed by atoms with van der Waals surface area (Å²) in [6.45, 7) is 3.00. The van der Waals surface area contributed by atoms with Crippen molar-refractivity contribution < 1.29 is 19.4 Å². The minimum Gasteiger partial charge on any atom is -0.478 e. The van der Waals surface area contributed by atoms with Crippen molar-refractivity contribution >= 4 is 40.5 Å². The van der Waals surface area contributed by atoms with E-state index in [0.717, 1.165) is 27.4 Å². The van der Waals surface area contributed by atoms with Crippen molar-refractivity contribution in [2.75, 3.05) is 0 Å². The lowest BCUT2D eigenvalue weighted by Gasteiger charge is -2.23. The molecule has 1 N–H and O–H groups in total. The molecule has 29 heavy (non-hydrogen) atoms. The summed E-state index contributed by atoms with van der Waals surface area (Å²) in [6, 6.07) is 7.18. The van der Waals surface area contributed by atoms with Crippen LogP contribution in [0.5, 0.6) is 5.75 Å². The quantitative estimate of drug-likeness (QED) is 0.560. The molecule has 0 aliphatic heterocycles. The first-order chi connectivity index (χ1) is 13.8. The van der Waals surface area contributed by atoms with Crippen LogP contribution in [0.2, 0.25) is 0 Å². The van der Waals surface area contributed by atoms with Gasteiger partial charge in [-0.1, -0.05) is 0 Å². The molecule has 2 aromatic heterocycles. The number of carbonyl (C=O) groups is 2. The monoisotopic (exact) mass is 425 g/mol. The first kappa shape index (κ1) is 19.5. The van der Waals surface area contributed by atoms with Crippen molar-refractivity contribution in [2.24, 2.45) is 0 Å². The molecule has 0 radical (unpaired) electrons. The van der Waals surface area contributed by atoms with Crippen molar-refractivity contribution in [1.29, 1.82) is 0 Å². The van der Waals surface area contributed by atoms with Gasteiger partial charge in [-0.05, 0) is 68.0 Å². The summed E-state index contributed by atoms with van der Waals surface area (Å²) in [6.07, 6.45) is 3.18. The van der Waals surface area contributed by atoms with Crippen LogP contribution in [0.25, 0.3) is 16.6 Å². The van der Waals surface area contributed by atoms with E-state index in [1.807, 2.05) is 22.9 Å². The molecular weight excluding hydrogens is 406 g/mol. The fraction of sp³-hybridized carbons (Fsp3) is 0.227. The van der Waals surface area contributed by atoms with E-state index >= 15 is 0 Å². The van der Waals surface area contributed by atoms with Gasteiger partial charge in [0.1, 0.15) is 10.8 Å². The van der Waals surface area contributed by atoms with E-state index in [4.69, 9.17) is 4.74 Å². The van der Waals surface area contributed by atoms with Crippen molar-refractivity contribution in [3.63, 3.8) is 0 Å². The molecule has 0 spiro atoms. The van der Waals surface area contributed by atoms with Crippen LogP contribution in [0.15, 0.2) is 46.0 Å². The summed E-state index contributed by atoms with van der Waals surface area (Å²) in [4.78, 5) is 28.8. The summed E-state index contributed by atoms with van der Waals surface area (Å²) in [5.41, 5.74) is 2.81. The zero-order valence-electron chi connectivity index (χ0n) is 16.0. The Hall–Kier alpha value is -2.77. The maximum atomic E-state index is 12.9. The van der Waals surface area contributed by atoms with E-state index in [0.29, 0.717) is 24.2 Å². The Balaban J connectivity index is 1.56. The number of fused-ring (bicyclic) bond motifs is 1. The van der Waals surface area contributed by atoms with Gasteiger partial charge < -0.3 is 9.84 Å². The Morgan fingerprint density at radius 1 is 1.24 bits per heavy atom. The maximum Gasteiger partial charge on any atom is 0.347 e. The molecule has 1 aliphatic rings. The fourth-order valence-corrected chi connectivity index (χ4v) is 4.63. The third kappa shape index (κ3) is 4.02. The molecule has 0 bridgehead atoms. The number of benzene rings is 1. The third-order valence-corrected chi connectivity index (χ3v) is 6.37. The minimum absolute atomic E-state index is 0.0135. The van der Waals surface area contributed by atoms with Crippen LogP contribution >= 0.6 is 22.7 Å². The molecule has 0 unspecified atom stereocenters. The highest BCUT2D eigenvalue weighted by Crippen LogP contribution is 2.32. The average molecular weight is 426 g/mol. The number of aromatic nitrogens is 1. The number of aliphatic carboxylic acids is 1. The molecule has 0 saturated carbocycles. The third-order valence-electron chi connectivity index (χ3n) is 4.78. The molecule has 0 fully saturated rings. The van der Waals surface area contributed by atoms with Gasteiger partial charge in [0, 0.05) is 27.5 Å². The maximum absolute atomic E-state index is 12.9. The van der Waals surface area contributed by atoms with Gasteiger partial charge in [0.15, 0.2) is 11.4 Å². The Labute approximate surface area is 176 Å². The molecule has 1 aliphatic carbocycles. The van der Waals surface area contributed by atoms with Gasteiger partial charge in [-0.3, -0.25) is 4.79 Å². The second kappa shape index (κ2) is 7.57. The standard InChI is InChI=1S/C22H19NO4S2/c1-22(2,21(25)26)27-17-5-6-18-13(10-17)3-4-14(19(18)24)9-16-12-29-20(23-16)15-7-8-28-11-15/h5-12H,3-4H2,1-2H3,(H,25,26)/b14-9-. The number of nitrogens with zero attached hydrogens (tertiary/aromatic N) is 1. The number of hydrogen-bond donors (Lipinski definition) is 1. The lowest BCUT2D eigenvalue weighted by atomic mass is 9.86. The Morgan fingerprint density at radius 3 is 2.79 bits per heavy atom. The fourth-order valence-electron chi connectivity index (χ4n) is 3.14. The van der Waals surface area contributed by atoms with Crippen molar-refractivity contribution in [3.05, 3.63) is 62.8 Å². The van der Waals surface area contributed by atoms with Crippen molar-refractivity contribution in [1.82, 2.24) is 4.98 Å². The van der Waals surface area contributed by atoms with E-state index in [1.54, 1.807) is 40.9 Å². The molecule has 4 rings (SSSR count). The van der Waals surface area contributed by atoms with Crippen LogP contribution in [-0.2, 0) is 11.2 Å². The summed E-state index contributed by atoms with van der Waals surface area (Å²) in [5, 5.41) is 16.2. The van der Waals surface area contributed by atoms with Crippen LogP contribution in [-0.4, -0.2) is 27.4 Å². The first-order valence-corrected chi connectivity index (χ1v) is 10.9. The summed E-state index contributed by atoms with van der Waals surface area (Å²) in [7, 11) is 0. The van der Waals surface area contributed by atoms with Gasteiger partial charge in [0.25, 0.3) is 0 Å². The van der Waals surface area contributed by atoms with Crippen LogP contribution in [0.3, 0.4) is 0 Å². The normalized spacial score (nSPS) is 15.4. The molecule has 5 nitrogen and oxygen atoms in total. The molecule has 0 saturated heterocycles. The lowest BCUT2D eigenvalue weighted by molar-refractivity contribution is -0.152. The highest BCUT2D eigenvalue weighted by molar-refractivity contribution is 7.14. The number of carboxylic acids is 1. The molecule has 0 amide bonds. The Bertz CT molecular complexity index is 1110. The van der Waals surface area contributed by atoms with Crippen molar-refractivity contribution in [2.45, 2.75) is 32.3 Å². The largest absolute Gasteiger partial charge is 0.478 e. The molecule has 0 atom stereocenters. The number of hydrogen-bond acceptors (Lipinski definition) is 6. The second-order valence-corrected chi connectivity index (χ2v) is 8.96. The number of aryl methyl sites for hydroxylation is 1. The topological polar surface area (TPSA) is 76.5 Å². The molecular formula is C22H19NO4S2. The average Bonchev–Trinajstić information content (AvgIpc) is 3.35. The van der Waals surface area contributed by atoms with Gasteiger partial charge >= 0.3 is 5.97 Å². The molecule has 7 heteroatoms. The number of ether oxygens (including phenoxy) is 1. The van der Waals surface area contributed by atoms with Crippen LogP contribution in [0.1, 0.15) is 41.9 Å². The van der Waals surface area contributed by atoms with Gasteiger partial charge in [0.05, 0.1) is 5.69 Å². The first-order valence-electron chi connectivity index (χ1n) is 9.12. The number of ketones is 1.